The van der Waals surface area contributed by atoms with Crippen LogP contribution < -0.4 is 5.73 Å². The van der Waals surface area contributed by atoms with E-state index in [4.69, 9.17) is 5.73 Å². The number of hydrogen-bond acceptors (Lipinski definition) is 2. The predicted octanol–water partition coefficient (Wildman–Crippen LogP) is 2.50. The SMILES string of the molecule is Nc1ccc(C(F)F)nc1CBr. The summed E-state index contributed by atoms with van der Waals surface area (Å²) < 4.78 is 24.2. The number of halogens is 3. The zero-order chi connectivity index (χ0) is 9.14. The first kappa shape index (κ1) is 9.38. The highest BCUT2D eigenvalue weighted by molar-refractivity contribution is 9.08. The van der Waals surface area contributed by atoms with E-state index in [-0.39, 0.29) is 5.69 Å². The number of nitrogen functional groups attached to an aromatic ring is 1. The fourth-order valence-electron chi connectivity index (χ4n) is 0.758. The van der Waals surface area contributed by atoms with E-state index in [2.05, 4.69) is 20.9 Å². The molecule has 0 spiro atoms. The van der Waals surface area contributed by atoms with Gasteiger partial charge in [-0.1, -0.05) is 15.9 Å². The smallest absolute Gasteiger partial charge is 0.280 e. The van der Waals surface area contributed by atoms with Gasteiger partial charge in [0.2, 0.25) is 0 Å². The Morgan fingerprint density at radius 1 is 1.50 bits per heavy atom. The standard InChI is InChI=1S/C7H7BrF2N2/c8-3-6-4(11)1-2-5(12-6)7(9)10/h1-2,7H,3,11H2. The number of pyridine rings is 1. The van der Waals surface area contributed by atoms with E-state index in [1.54, 1.807) is 0 Å². The van der Waals surface area contributed by atoms with Crippen molar-refractivity contribution < 1.29 is 8.78 Å². The normalized spacial score (nSPS) is 10.7. The van der Waals surface area contributed by atoms with Crippen molar-refractivity contribution in [2.45, 2.75) is 11.8 Å². The molecule has 1 rings (SSSR count). The largest absolute Gasteiger partial charge is 0.397 e. The molecule has 0 radical (unpaired) electrons. The second-order valence-corrected chi connectivity index (χ2v) is 2.77. The summed E-state index contributed by atoms with van der Waals surface area (Å²) in [7, 11) is 0. The first-order chi connectivity index (χ1) is 5.65. The molecule has 0 saturated carbocycles. The Hall–Kier alpha value is -0.710. The Morgan fingerprint density at radius 3 is 2.67 bits per heavy atom. The summed E-state index contributed by atoms with van der Waals surface area (Å²) in [6.07, 6.45) is -2.54. The maximum Gasteiger partial charge on any atom is 0.280 e. The first-order valence-corrected chi connectivity index (χ1v) is 4.36. The lowest BCUT2D eigenvalue weighted by atomic mass is 10.3. The van der Waals surface area contributed by atoms with Gasteiger partial charge in [0, 0.05) is 5.33 Å². The molecule has 66 valence electrons. The molecule has 1 aromatic rings. The number of aromatic nitrogens is 1. The molecule has 0 unspecified atom stereocenters. The fourth-order valence-corrected chi connectivity index (χ4v) is 1.21. The predicted molar refractivity (Wildman–Crippen MR) is 46.2 cm³/mol. The molecule has 1 aromatic heterocycles. The van der Waals surface area contributed by atoms with Crippen LogP contribution in [0.2, 0.25) is 0 Å². The van der Waals surface area contributed by atoms with Gasteiger partial charge in [0.1, 0.15) is 5.69 Å². The van der Waals surface area contributed by atoms with Gasteiger partial charge < -0.3 is 5.73 Å². The van der Waals surface area contributed by atoms with Gasteiger partial charge in [-0.2, -0.15) is 0 Å². The highest BCUT2D eigenvalue weighted by atomic mass is 79.9. The third-order valence-electron chi connectivity index (χ3n) is 1.38. The van der Waals surface area contributed by atoms with E-state index in [0.717, 1.165) is 0 Å². The summed E-state index contributed by atoms with van der Waals surface area (Å²) in [5.41, 5.74) is 6.10. The molecule has 12 heavy (non-hydrogen) atoms. The van der Waals surface area contributed by atoms with E-state index >= 15 is 0 Å². The quantitative estimate of drug-likeness (QED) is 0.802. The molecule has 0 aliphatic carbocycles. The molecule has 0 bridgehead atoms. The van der Waals surface area contributed by atoms with E-state index in [9.17, 15) is 8.78 Å². The van der Waals surface area contributed by atoms with Crippen LogP contribution >= 0.6 is 15.9 Å². The van der Waals surface area contributed by atoms with Crippen LogP contribution in [0.3, 0.4) is 0 Å². The topological polar surface area (TPSA) is 38.9 Å². The van der Waals surface area contributed by atoms with Gasteiger partial charge in [-0.25, -0.2) is 13.8 Å². The van der Waals surface area contributed by atoms with Gasteiger partial charge >= 0.3 is 0 Å². The summed E-state index contributed by atoms with van der Waals surface area (Å²) in [6, 6.07) is 2.66. The Morgan fingerprint density at radius 2 is 2.17 bits per heavy atom. The van der Waals surface area contributed by atoms with Gasteiger partial charge in [0.05, 0.1) is 11.4 Å². The van der Waals surface area contributed by atoms with Crippen LogP contribution in [0, 0.1) is 0 Å². The zero-order valence-electron chi connectivity index (χ0n) is 6.10. The van der Waals surface area contributed by atoms with Gasteiger partial charge in [0.15, 0.2) is 0 Å². The van der Waals surface area contributed by atoms with Gasteiger partial charge in [0.25, 0.3) is 6.43 Å². The van der Waals surface area contributed by atoms with Crippen molar-refractivity contribution in [2.75, 3.05) is 5.73 Å². The van der Waals surface area contributed by atoms with Crippen molar-refractivity contribution in [1.29, 1.82) is 0 Å². The average Bonchev–Trinajstić information content (AvgIpc) is 2.05. The molecule has 0 aliphatic heterocycles. The number of nitrogens with two attached hydrogens (primary N) is 1. The lowest BCUT2D eigenvalue weighted by molar-refractivity contribution is 0.146. The van der Waals surface area contributed by atoms with Gasteiger partial charge in [-0.05, 0) is 12.1 Å². The third kappa shape index (κ3) is 1.91. The second kappa shape index (κ2) is 3.80. The summed E-state index contributed by atoms with van der Waals surface area (Å²) >= 11 is 3.10. The lowest BCUT2D eigenvalue weighted by Gasteiger charge is -2.03. The number of anilines is 1. The Bertz CT molecular complexity index is 278. The molecule has 1 heterocycles. The summed E-state index contributed by atoms with van der Waals surface area (Å²) in [4.78, 5) is 3.67. The summed E-state index contributed by atoms with van der Waals surface area (Å²) in [6.45, 7) is 0. The molecule has 0 aliphatic rings. The average molecular weight is 237 g/mol. The number of hydrogen-bond donors (Lipinski definition) is 1. The molecule has 2 nitrogen and oxygen atoms in total. The molecular formula is C7H7BrF2N2. The molecule has 0 saturated heterocycles. The minimum absolute atomic E-state index is 0.237. The maximum absolute atomic E-state index is 12.1. The second-order valence-electron chi connectivity index (χ2n) is 2.21. The van der Waals surface area contributed by atoms with E-state index in [0.29, 0.717) is 16.7 Å². The highest BCUT2D eigenvalue weighted by Crippen LogP contribution is 2.20. The van der Waals surface area contributed by atoms with E-state index in [1.165, 1.54) is 12.1 Å². The zero-order valence-corrected chi connectivity index (χ0v) is 7.68. The van der Waals surface area contributed by atoms with Crippen LogP contribution in [-0.4, -0.2) is 4.98 Å². The van der Waals surface area contributed by atoms with Crippen molar-refractivity contribution in [3.63, 3.8) is 0 Å². The van der Waals surface area contributed by atoms with E-state index < -0.39 is 6.43 Å². The van der Waals surface area contributed by atoms with Crippen LogP contribution in [0.1, 0.15) is 17.8 Å². The molecule has 5 heteroatoms. The van der Waals surface area contributed by atoms with Crippen molar-refractivity contribution >= 4 is 21.6 Å². The van der Waals surface area contributed by atoms with Crippen LogP contribution in [-0.2, 0) is 5.33 Å². The van der Waals surface area contributed by atoms with E-state index in [1.807, 2.05) is 0 Å². The Labute approximate surface area is 76.9 Å². The molecule has 0 fully saturated rings. The van der Waals surface area contributed by atoms with Gasteiger partial charge in [-0.15, -0.1) is 0 Å². The monoisotopic (exact) mass is 236 g/mol. The third-order valence-corrected chi connectivity index (χ3v) is 1.91. The molecule has 2 N–H and O–H groups in total. The van der Waals surface area contributed by atoms with Crippen LogP contribution in [0.15, 0.2) is 12.1 Å². The van der Waals surface area contributed by atoms with Crippen molar-refractivity contribution in [3.05, 3.63) is 23.5 Å². The maximum atomic E-state index is 12.1. The minimum atomic E-state index is -2.54. The molecule has 0 amide bonds. The van der Waals surface area contributed by atoms with Crippen molar-refractivity contribution in [2.24, 2.45) is 0 Å². The Balaban J connectivity index is 3.05. The Kier molecular flexibility index (Phi) is 2.97. The molecular weight excluding hydrogens is 230 g/mol. The van der Waals surface area contributed by atoms with Crippen molar-refractivity contribution in [1.82, 2.24) is 4.98 Å². The summed E-state index contributed by atoms with van der Waals surface area (Å²) in [5, 5.41) is 0.388. The molecule has 0 aromatic carbocycles. The lowest BCUT2D eigenvalue weighted by Crippen LogP contribution is -1.99. The highest BCUT2D eigenvalue weighted by Gasteiger charge is 2.10. The van der Waals surface area contributed by atoms with Gasteiger partial charge in [-0.3, -0.25) is 0 Å². The van der Waals surface area contributed by atoms with Crippen LogP contribution in [0.25, 0.3) is 0 Å². The number of nitrogens with zero attached hydrogens (tertiary/aromatic N) is 1. The number of rotatable bonds is 2. The first-order valence-electron chi connectivity index (χ1n) is 3.24. The number of alkyl halides is 3. The summed E-state index contributed by atoms with van der Waals surface area (Å²) in [5.74, 6) is 0. The van der Waals surface area contributed by atoms with Crippen molar-refractivity contribution in [3.8, 4) is 0 Å². The minimum Gasteiger partial charge on any atom is -0.397 e. The van der Waals surface area contributed by atoms with Crippen LogP contribution in [0.5, 0.6) is 0 Å². The fraction of sp³-hybridized carbons (Fsp3) is 0.286. The molecule has 0 atom stereocenters. The van der Waals surface area contributed by atoms with Crippen LogP contribution in [0.4, 0.5) is 14.5 Å².